The molecule has 1 amide bonds. The number of carbonyl (C=O) groups is 2. The lowest BCUT2D eigenvalue weighted by atomic mass is 10.2. The van der Waals surface area contributed by atoms with Crippen molar-refractivity contribution in [2.45, 2.75) is 25.0 Å². The molecule has 1 unspecified atom stereocenters. The smallest absolute Gasteiger partial charge is 0.326 e. The van der Waals surface area contributed by atoms with Gasteiger partial charge < -0.3 is 20.8 Å². The van der Waals surface area contributed by atoms with Gasteiger partial charge in [-0.05, 0) is 0 Å². The van der Waals surface area contributed by atoms with Crippen molar-refractivity contribution < 1.29 is 19.8 Å². The number of hydrogen-bond donors (Lipinski definition) is 3. The van der Waals surface area contributed by atoms with E-state index < -0.39 is 18.1 Å². The summed E-state index contributed by atoms with van der Waals surface area (Å²) in [6, 6.07) is -0.955. The summed E-state index contributed by atoms with van der Waals surface area (Å²) in [6.07, 6.45) is -0.708. The molecule has 1 aliphatic rings. The van der Waals surface area contributed by atoms with Crippen LogP contribution >= 0.6 is 11.3 Å². The first kappa shape index (κ1) is 12.8. The first-order valence-electron chi connectivity index (χ1n) is 5.37. The Kier molecular flexibility index (Phi) is 3.48. The zero-order valence-corrected chi connectivity index (χ0v) is 10.3. The molecule has 8 heteroatoms. The molecule has 0 bridgehead atoms. The molecule has 0 aliphatic carbocycles. The number of aliphatic hydroxyl groups is 1. The van der Waals surface area contributed by atoms with E-state index in [0.717, 1.165) is 0 Å². The van der Waals surface area contributed by atoms with Gasteiger partial charge in [-0.25, -0.2) is 9.78 Å². The molecular weight excluding hydrogens is 258 g/mol. The molecule has 1 aliphatic heterocycles. The van der Waals surface area contributed by atoms with Crippen LogP contribution in [0.2, 0.25) is 0 Å². The summed E-state index contributed by atoms with van der Waals surface area (Å²) in [4.78, 5) is 28.1. The SMILES string of the molecule is Nc1nc(CC(=O)N2CC(O)C[C@H]2C(=O)O)cs1. The normalized spacial score (nSPS) is 23.3. The Labute approximate surface area is 107 Å². The van der Waals surface area contributed by atoms with Gasteiger partial charge in [-0.15, -0.1) is 11.3 Å². The standard InChI is InChI=1S/C10H13N3O4S/c11-10-12-5(4-18-10)1-8(15)13-3-6(14)2-7(13)9(16)17/h4,6-7,14H,1-3H2,(H2,11,12)(H,16,17)/t6?,7-/m0/s1. The van der Waals surface area contributed by atoms with Crippen molar-refractivity contribution in [3.63, 3.8) is 0 Å². The fourth-order valence-corrected chi connectivity index (χ4v) is 2.55. The highest BCUT2D eigenvalue weighted by Gasteiger charge is 2.38. The average molecular weight is 271 g/mol. The molecule has 2 atom stereocenters. The van der Waals surface area contributed by atoms with Crippen molar-refractivity contribution in [3.8, 4) is 0 Å². The molecular formula is C10H13N3O4S. The van der Waals surface area contributed by atoms with Crippen molar-refractivity contribution in [1.29, 1.82) is 0 Å². The Hall–Kier alpha value is -1.67. The number of amides is 1. The van der Waals surface area contributed by atoms with E-state index in [2.05, 4.69) is 4.98 Å². The van der Waals surface area contributed by atoms with Crippen LogP contribution in [-0.2, 0) is 16.0 Å². The van der Waals surface area contributed by atoms with Gasteiger partial charge in [0.05, 0.1) is 18.2 Å². The number of aromatic nitrogens is 1. The van der Waals surface area contributed by atoms with Gasteiger partial charge in [0.2, 0.25) is 5.91 Å². The zero-order valence-electron chi connectivity index (χ0n) is 9.44. The number of anilines is 1. The van der Waals surface area contributed by atoms with Gasteiger partial charge in [0.25, 0.3) is 0 Å². The van der Waals surface area contributed by atoms with Crippen molar-refractivity contribution in [1.82, 2.24) is 9.88 Å². The number of likely N-dealkylation sites (tertiary alicyclic amines) is 1. The number of hydrogen-bond acceptors (Lipinski definition) is 6. The number of carboxylic acids is 1. The maximum atomic E-state index is 12.0. The summed E-state index contributed by atoms with van der Waals surface area (Å²) in [5.74, 6) is -1.46. The van der Waals surface area contributed by atoms with Gasteiger partial charge in [-0.1, -0.05) is 0 Å². The summed E-state index contributed by atoms with van der Waals surface area (Å²) in [7, 11) is 0. The molecule has 0 radical (unpaired) electrons. The van der Waals surface area contributed by atoms with Gasteiger partial charge in [-0.3, -0.25) is 4.79 Å². The second kappa shape index (κ2) is 4.91. The number of carboxylic acid groups (broad SMARTS) is 1. The summed E-state index contributed by atoms with van der Waals surface area (Å²) in [5, 5.41) is 20.5. The lowest BCUT2D eigenvalue weighted by Crippen LogP contribution is -2.41. The van der Waals surface area contributed by atoms with E-state index in [1.165, 1.54) is 16.2 Å². The third kappa shape index (κ3) is 2.59. The first-order valence-corrected chi connectivity index (χ1v) is 6.25. The number of thiazole rings is 1. The van der Waals surface area contributed by atoms with E-state index in [1.54, 1.807) is 5.38 Å². The number of nitrogens with two attached hydrogens (primary N) is 1. The minimum absolute atomic E-state index is 0.00417. The number of nitrogens with zero attached hydrogens (tertiary/aromatic N) is 2. The van der Waals surface area contributed by atoms with Crippen molar-refractivity contribution in [3.05, 3.63) is 11.1 Å². The Morgan fingerprint density at radius 3 is 2.89 bits per heavy atom. The monoisotopic (exact) mass is 271 g/mol. The highest BCUT2D eigenvalue weighted by molar-refractivity contribution is 7.13. The van der Waals surface area contributed by atoms with Crippen molar-refractivity contribution in [2.75, 3.05) is 12.3 Å². The van der Waals surface area contributed by atoms with Gasteiger partial charge in [0, 0.05) is 18.3 Å². The van der Waals surface area contributed by atoms with E-state index >= 15 is 0 Å². The lowest BCUT2D eigenvalue weighted by molar-refractivity contribution is -0.148. The quantitative estimate of drug-likeness (QED) is 0.670. The maximum absolute atomic E-state index is 12.0. The highest BCUT2D eigenvalue weighted by atomic mass is 32.1. The van der Waals surface area contributed by atoms with Crippen LogP contribution in [0.4, 0.5) is 5.13 Å². The van der Waals surface area contributed by atoms with Crippen LogP contribution in [0.5, 0.6) is 0 Å². The van der Waals surface area contributed by atoms with E-state index in [0.29, 0.717) is 10.8 Å². The predicted molar refractivity (Wildman–Crippen MR) is 64.0 cm³/mol. The number of aliphatic carboxylic acids is 1. The number of nitrogen functional groups attached to an aromatic ring is 1. The maximum Gasteiger partial charge on any atom is 0.326 e. The first-order chi connectivity index (χ1) is 8.47. The molecule has 4 N–H and O–H groups in total. The molecule has 1 fully saturated rings. The number of rotatable bonds is 3. The van der Waals surface area contributed by atoms with Crippen LogP contribution in [0.1, 0.15) is 12.1 Å². The van der Waals surface area contributed by atoms with Gasteiger partial charge in [-0.2, -0.15) is 0 Å². The van der Waals surface area contributed by atoms with E-state index in [9.17, 15) is 14.7 Å². The number of aliphatic hydroxyl groups excluding tert-OH is 1. The third-order valence-corrected chi connectivity index (χ3v) is 3.51. The summed E-state index contributed by atoms with van der Waals surface area (Å²) in [6.45, 7) is 0.0510. The molecule has 2 rings (SSSR count). The molecule has 1 saturated heterocycles. The van der Waals surface area contributed by atoms with Gasteiger partial charge >= 0.3 is 5.97 Å². The molecule has 0 saturated carbocycles. The largest absolute Gasteiger partial charge is 0.480 e. The van der Waals surface area contributed by atoms with Crippen LogP contribution in [0.15, 0.2) is 5.38 Å². The molecule has 0 spiro atoms. The second-order valence-electron chi connectivity index (χ2n) is 4.14. The Bertz CT molecular complexity index is 475. The Morgan fingerprint density at radius 2 is 2.33 bits per heavy atom. The fraction of sp³-hybridized carbons (Fsp3) is 0.500. The lowest BCUT2D eigenvalue weighted by Gasteiger charge is -2.20. The number of β-amino-alcohol motifs (C(OH)–C–C–N with tert-alkyl or cyclic N) is 1. The van der Waals surface area contributed by atoms with Crippen molar-refractivity contribution in [2.24, 2.45) is 0 Å². The molecule has 0 aromatic carbocycles. The van der Waals surface area contributed by atoms with E-state index in [-0.39, 0.29) is 25.3 Å². The Balaban J connectivity index is 2.06. The van der Waals surface area contributed by atoms with Crippen LogP contribution in [0.3, 0.4) is 0 Å². The van der Waals surface area contributed by atoms with Crippen LogP contribution in [0, 0.1) is 0 Å². The minimum Gasteiger partial charge on any atom is -0.480 e. The second-order valence-corrected chi connectivity index (χ2v) is 5.03. The van der Waals surface area contributed by atoms with Crippen LogP contribution in [0.25, 0.3) is 0 Å². The zero-order chi connectivity index (χ0) is 13.3. The third-order valence-electron chi connectivity index (χ3n) is 2.79. The number of carbonyl (C=O) groups excluding carboxylic acids is 1. The molecule has 1 aromatic rings. The topological polar surface area (TPSA) is 117 Å². The highest BCUT2D eigenvalue weighted by Crippen LogP contribution is 2.20. The Morgan fingerprint density at radius 1 is 1.61 bits per heavy atom. The van der Waals surface area contributed by atoms with E-state index in [1.807, 2.05) is 0 Å². The van der Waals surface area contributed by atoms with Crippen LogP contribution in [-0.4, -0.2) is 50.7 Å². The molecule has 7 nitrogen and oxygen atoms in total. The van der Waals surface area contributed by atoms with Crippen LogP contribution < -0.4 is 5.73 Å². The minimum atomic E-state index is -1.10. The predicted octanol–water partition coefficient (Wildman–Crippen LogP) is -0.686. The summed E-state index contributed by atoms with van der Waals surface area (Å²) >= 11 is 1.23. The van der Waals surface area contributed by atoms with E-state index in [4.69, 9.17) is 10.8 Å². The average Bonchev–Trinajstić information content (AvgIpc) is 2.85. The summed E-state index contributed by atoms with van der Waals surface area (Å²) < 4.78 is 0. The molecule has 18 heavy (non-hydrogen) atoms. The molecule has 1 aromatic heterocycles. The summed E-state index contributed by atoms with van der Waals surface area (Å²) in [5.41, 5.74) is 5.98. The van der Waals surface area contributed by atoms with Crippen molar-refractivity contribution >= 4 is 28.3 Å². The van der Waals surface area contributed by atoms with Gasteiger partial charge in [0.1, 0.15) is 6.04 Å². The molecule has 2 heterocycles. The molecule has 98 valence electrons. The van der Waals surface area contributed by atoms with Gasteiger partial charge in [0.15, 0.2) is 5.13 Å². The fourth-order valence-electron chi connectivity index (χ4n) is 1.98.